The van der Waals surface area contributed by atoms with Crippen LogP contribution in [0.25, 0.3) is 0 Å². The van der Waals surface area contributed by atoms with Crippen LogP contribution in [0.1, 0.15) is 51.9 Å². The van der Waals surface area contributed by atoms with E-state index in [4.69, 9.17) is 0 Å². The van der Waals surface area contributed by atoms with E-state index < -0.39 is 0 Å². The summed E-state index contributed by atoms with van der Waals surface area (Å²) in [5.41, 5.74) is 0. The second kappa shape index (κ2) is 8.48. The van der Waals surface area contributed by atoms with Gasteiger partial charge in [0.1, 0.15) is 0 Å². The number of carbonyl (C=O) groups is 1. The predicted molar refractivity (Wildman–Crippen MR) is 68.8 cm³/mol. The van der Waals surface area contributed by atoms with Crippen molar-refractivity contribution in [2.75, 3.05) is 13.1 Å². The Morgan fingerprint density at radius 2 is 2.06 bits per heavy atom. The monoisotopic (exact) mass is 242 g/mol. The summed E-state index contributed by atoms with van der Waals surface area (Å²) in [7, 11) is 0. The molecule has 1 amide bonds. The van der Waals surface area contributed by atoms with E-state index in [1.54, 1.807) is 0 Å². The van der Waals surface area contributed by atoms with Crippen molar-refractivity contribution in [1.82, 2.24) is 10.6 Å². The first-order valence-electron chi connectivity index (χ1n) is 6.90. The third kappa shape index (κ3) is 6.64. The van der Waals surface area contributed by atoms with E-state index in [2.05, 4.69) is 10.6 Å². The SMILES string of the molecule is CCC(O)CCNCC(=O)NC1CCCCC1. The fraction of sp³-hybridized carbons (Fsp3) is 0.923. The van der Waals surface area contributed by atoms with Crippen LogP contribution in [0.2, 0.25) is 0 Å². The topological polar surface area (TPSA) is 61.4 Å². The molecular formula is C13H26N2O2. The molecule has 0 heterocycles. The third-order valence-electron chi connectivity index (χ3n) is 3.38. The van der Waals surface area contributed by atoms with Crippen molar-refractivity contribution < 1.29 is 9.90 Å². The second-order valence-corrected chi connectivity index (χ2v) is 4.93. The second-order valence-electron chi connectivity index (χ2n) is 4.93. The Labute approximate surface area is 104 Å². The smallest absolute Gasteiger partial charge is 0.234 e. The van der Waals surface area contributed by atoms with Gasteiger partial charge < -0.3 is 15.7 Å². The number of amides is 1. The summed E-state index contributed by atoms with van der Waals surface area (Å²) in [6.45, 7) is 3.03. The normalized spacial score (nSPS) is 18.9. The molecule has 0 saturated heterocycles. The standard InChI is InChI=1S/C13H26N2O2/c1-2-12(16)8-9-14-10-13(17)15-11-6-4-3-5-7-11/h11-12,14,16H,2-10H2,1H3,(H,15,17). The summed E-state index contributed by atoms with van der Waals surface area (Å²) < 4.78 is 0. The van der Waals surface area contributed by atoms with Gasteiger partial charge >= 0.3 is 0 Å². The molecule has 4 heteroatoms. The number of rotatable bonds is 7. The average molecular weight is 242 g/mol. The number of hydrogen-bond donors (Lipinski definition) is 3. The van der Waals surface area contributed by atoms with Crippen LogP contribution in [-0.2, 0) is 4.79 Å². The molecule has 0 radical (unpaired) electrons. The molecule has 0 aromatic heterocycles. The number of aliphatic hydroxyl groups excluding tert-OH is 1. The van der Waals surface area contributed by atoms with Gasteiger partial charge in [-0.25, -0.2) is 0 Å². The highest BCUT2D eigenvalue weighted by Gasteiger charge is 2.15. The molecule has 1 fully saturated rings. The lowest BCUT2D eigenvalue weighted by molar-refractivity contribution is -0.121. The molecule has 1 rings (SSSR count). The van der Waals surface area contributed by atoms with Crippen LogP contribution >= 0.6 is 0 Å². The first kappa shape index (κ1) is 14.5. The molecule has 0 aliphatic heterocycles. The zero-order chi connectivity index (χ0) is 12.5. The minimum Gasteiger partial charge on any atom is -0.393 e. The van der Waals surface area contributed by atoms with E-state index in [-0.39, 0.29) is 12.0 Å². The van der Waals surface area contributed by atoms with Crippen LogP contribution < -0.4 is 10.6 Å². The van der Waals surface area contributed by atoms with Gasteiger partial charge in [0.2, 0.25) is 5.91 Å². The predicted octanol–water partition coefficient (Wildman–Crippen LogP) is 1.19. The summed E-state index contributed by atoms with van der Waals surface area (Å²) >= 11 is 0. The van der Waals surface area contributed by atoms with Crippen LogP contribution in [0.5, 0.6) is 0 Å². The van der Waals surface area contributed by atoms with Crippen molar-refractivity contribution in [2.24, 2.45) is 0 Å². The van der Waals surface area contributed by atoms with Crippen LogP contribution in [0.4, 0.5) is 0 Å². The lowest BCUT2D eigenvalue weighted by atomic mass is 9.95. The average Bonchev–Trinajstić information content (AvgIpc) is 2.35. The van der Waals surface area contributed by atoms with Crippen molar-refractivity contribution >= 4 is 5.91 Å². The number of carbonyl (C=O) groups excluding carboxylic acids is 1. The van der Waals surface area contributed by atoms with Gasteiger partial charge in [0.15, 0.2) is 0 Å². The van der Waals surface area contributed by atoms with E-state index in [1.165, 1.54) is 19.3 Å². The van der Waals surface area contributed by atoms with E-state index >= 15 is 0 Å². The van der Waals surface area contributed by atoms with E-state index in [9.17, 15) is 9.90 Å². The molecule has 0 aromatic rings. The minimum absolute atomic E-state index is 0.0860. The Morgan fingerprint density at radius 1 is 1.35 bits per heavy atom. The summed E-state index contributed by atoms with van der Waals surface area (Å²) in [6, 6.07) is 0.388. The Kier molecular flexibility index (Phi) is 7.21. The van der Waals surface area contributed by atoms with Crippen LogP contribution in [-0.4, -0.2) is 36.2 Å². The highest BCUT2D eigenvalue weighted by molar-refractivity contribution is 5.78. The van der Waals surface area contributed by atoms with Crippen molar-refractivity contribution in [3.8, 4) is 0 Å². The Balaban J connectivity index is 2.00. The summed E-state index contributed by atoms with van der Waals surface area (Å²) in [6.07, 6.45) is 7.27. The Hall–Kier alpha value is -0.610. The maximum Gasteiger partial charge on any atom is 0.234 e. The van der Waals surface area contributed by atoms with Crippen LogP contribution in [0.15, 0.2) is 0 Å². The summed E-state index contributed by atoms with van der Waals surface area (Å²) in [5, 5.41) is 15.5. The molecule has 3 N–H and O–H groups in total. The quantitative estimate of drug-likeness (QED) is 0.588. The van der Waals surface area contributed by atoms with Crippen molar-refractivity contribution in [3.05, 3.63) is 0 Å². The third-order valence-corrected chi connectivity index (χ3v) is 3.38. The molecule has 0 spiro atoms. The lowest BCUT2D eigenvalue weighted by Gasteiger charge is -2.22. The molecule has 0 aromatic carbocycles. The highest BCUT2D eigenvalue weighted by atomic mass is 16.3. The molecule has 1 saturated carbocycles. The van der Waals surface area contributed by atoms with E-state index in [0.717, 1.165) is 19.3 Å². The van der Waals surface area contributed by atoms with Crippen molar-refractivity contribution in [2.45, 2.75) is 64.0 Å². The molecule has 1 atom stereocenters. The van der Waals surface area contributed by atoms with Gasteiger partial charge in [-0.3, -0.25) is 4.79 Å². The van der Waals surface area contributed by atoms with Crippen LogP contribution in [0, 0.1) is 0 Å². The molecule has 4 nitrogen and oxygen atoms in total. The number of hydrogen-bond acceptors (Lipinski definition) is 3. The number of nitrogens with one attached hydrogen (secondary N) is 2. The molecule has 1 unspecified atom stereocenters. The van der Waals surface area contributed by atoms with Gasteiger partial charge in [-0.2, -0.15) is 0 Å². The first-order chi connectivity index (χ1) is 8.22. The Morgan fingerprint density at radius 3 is 2.71 bits per heavy atom. The Bertz CT molecular complexity index is 215. The number of aliphatic hydroxyl groups is 1. The highest BCUT2D eigenvalue weighted by Crippen LogP contribution is 2.16. The maximum atomic E-state index is 11.6. The first-order valence-corrected chi connectivity index (χ1v) is 6.90. The van der Waals surface area contributed by atoms with Gasteiger partial charge in [0, 0.05) is 6.04 Å². The van der Waals surface area contributed by atoms with Crippen molar-refractivity contribution in [3.63, 3.8) is 0 Å². The van der Waals surface area contributed by atoms with Gasteiger partial charge in [-0.15, -0.1) is 0 Å². The molecule has 100 valence electrons. The maximum absolute atomic E-state index is 11.6. The fourth-order valence-corrected chi connectivity index (χ4v) is 2.20. The summed E-state index contributed by atoms with van der Waals surface area (Å²) in [5.74, 6) is 0.0860. The van der Waals surface area contributed by atoms with Gasteiger partial charge in [-0.05, 0) is 32.2 Å². The van der Waals surface area contributed by atoms with Crippen LogP contribution in [0.3, 0.4) is 0 Å². The zero-order valence-corrected chi connectivity index (χ0v) is 10.9. The largest absolute Gasteiger partial charge is 0.393 e. The fourth-order valence-electron chi connectivity index (χ4n) is 2.20. The molecule has 1 aliphatic carbocycles. The minimum atomic E-state index is -0.246. The zero-order valence-electron chi connectivity index (χ0n) is 10.9. The molecule has 0 bridgehead atoms. The van der Waals surface area contributed by atoms with Gasteiger partial charge in [0.25, 0.3) is 0 Å². The van der Waals surface area contributed by atoms with E-state index in [1.807, 2.05) is 6.92 Å². The summed E-state index contributed by atoms with van der Waals surface area (Å²) in [4.78, 5) is 11.6. The molecule has 17 heavy (non-hydrogen) atoms. The van der Waals surface area contributed by atoms with Crippen molar-refractivity contribution in [1.29, 1.82) is 0 Å². The lowest BCUT2D eigenvalue weighted by Crippen LogP contribution is -2.41. The van der Waals surface area contributed by atoms with Gasteiger partial charge in [0.05, 0.1) is 12.6 Å². The molecular weight excluding hydrogens is 216 g/mol. The van der Waals surface area contributed by atoms with E-state index in [0.29, 0.717) is 25.6 Å². The molecule has 1 aliphatic rings. The van der Waals surface area contributed by atoms with Gasteiger partial charge in [-0.1, -0.05) is 26.2 Å².